The molecule has 6 nitrogen and oxygen atoms in total. The molecule has 0 bridgehead atoms. The summed E-state index contributed by atoms with van der Waals surface area (Å²) in [6.07, 6.45) is 12.9. The first-order valence-electron chi connectivity index (χ1n) is 11.3. The van der Waals surface area contributed by atoms with Gasteiger partial charge < -0.3 is 10.2 Å². The fourth-order valence-electron chi connectivity index (χ4n) is 4.85. The Bertz CT molecular complexity index is 867. The standard InChI is InChI=1S/C23H32N4O2/c1-2-18-13-7-9-15-26(18)23(29)21-25-20(19-14-8-10-16-27(19)21)22(28)24-17-11-5-3-4-6-12-17/h8,10,14,16-18H,2-7,9,11-13,15H2,1H3,(H,24,28). The minimum atomic E-state index is -0.162. The van der Waals surface area contributed by atoms with Crippen molar-refractivity contribution in [1.29, 1.82) is 0 Å². The molecule has 2 aliphatic rings. The number of hydrogen-bond donors (Lipinski definition) is 1. The molecule has 1 atom stereocenters. The number of nitrogens with zero attached hydrogens (tertiary/aromatic N) is 3. The third-order valence-corrected chi connectivity index (χ3v) is 6.50. The van der Waals surface area contributed by atoms with Crippen LogP contribution in [0.1, 0.15) is 92.2 Å². The van der Waals surface area contributed by atoms with Crippen LogP contribution >= 0.6 is 0 Å². The molecule has 2 aromatic heterocycles. The van der Waals surface area contributed by atoms with Gasteiger partial charge in [-0.25, -0.2) is 4.98 Å². The van der Waals surface area contributed by atoms with Crippen LogP contribution in [-0.4, -0.2) is 44.7 Å². The molecule has 156 valence electrons. The van der Waals surface area contributed by atoms with Crippen molar-refractivity contribution >= 4 is 17.3 Å². The molecule has 2 fully saturated rings. The van der Waals surface area contributed by atoms with Crippen molar-refractivity contribution in [2.75, 3.05) is 6.54 Å². The lowest BCUT2D eigenvalue weighted by molar-refractivity contribution is 0.0594. The number of rotatable bonds is 4. The monoisotopic (exact) mass is 396 g/mol. The van der Waals surface area contributed by atoms with E-state index in [1.54, 1.807) is 4.40 Å². The Morgan fingerprint density at radius 1 is 1.07 bits per heavy atom. The fourth-order valence-corrected chi connectivity index (χ4v) is 4.85. The summed E-state index contributed by atoms with van der Waals surface area (Å²) in [5.41, 5.74) is 1.07. The fraction of sp³-hybridized carbons (Fsp3) is 0.609. The van der Waals surface area contributed by atoms with Gasteiger partial charge in [0.1, 0.15) is 0 Å². The number of likely N-dealkylation sites (tertiary alicyclic amines) is 1. The zero-order chi connectivity index (χ0) is 20.2. The minimum absolute atomic E-state index is 0.0636. The van der Waals surface area contributed by atoms with Gasteiger partial charge in [-0.05, 0) is 50.7 Å². The molecule has 0 aromatic carbocycles. The van der Waals surface area contributed by atoms with Crippen LogP contribution in [0.3, 0.4) is 0 Å². The average molecular weight is 397 g/mol. The first-order valence-corrected chi connectivity index (χ1v) is 11.3. The van der Waals surface area contributed by atoms with E-state index >= 15 is 0 Å². The number of fused-ring (bicyclic) bond motifs is 1. The maximum Gasteiger partial charge on any atom is 0.290 e. The van der Waals surface area contributed by atoms with E-state index in [1.165, 1.54) is 19.3 Å². The van der Waals surface area contributed by atoms with Crippen LogP contribution in [0, 0.1) is 0 Å². The lowest BCUT2D eigenvalue weighted by atomic mass is 10.00. The van der Waals surface area contributed by atoms with E-state index < -0.39 is 0 Å². The molecule has 0 radical (unpaired) electrons. The van der Waals surface area contributed by atoms with E-state index in [1.807, 2.05) is 29.3 Å². The molecule has 6 heteroatoms. The van der Waals surface area contributed by atoms with Gasteiger partial charge in [0.2, 0.25) is 5.82 Å². The Labute approximate surface area is 172 Å². The van der Waals surface area contributed by atoms with Crippen molar-refractivity contribution in [1.82, 2.24) is 19.6 Å². The normalized spacial score (nSPS) is 21.1. The predicted molar refractivity (Wildman–Crippen MR) is 113 cm³/mol. The van der Waals surface area contributed by atoms with Crippen LogP contribution in [0.25, 0.3) is 5.52 Å². The van der Waals surface area contributed by atoms with Gasteiger partial charge in [0.15, 0.2) is 5.69 Å². The first-order chi connectivity index (χ1) is 14.2. The zero-order valence-corrected chi connectivity index (χ0v) is 17.4. The maximum atomic E-state index is 13.4. The summed E-state index contributed by atoms with van der Waals surface area (Å²) in [4.78, 5) is 33.0. The smallest absolute Gasteiger partial charge is 0.290 e. The summed E-state index contributed by atoms with van der Waals surface area (Å²) < 4.78 is 1.78. The highest BCUT2D eigenvalue weighted by Crippen LogP contribution is 2.23. The lowest BCUT2D eigenvalue weighted by Crippen LogP contribution is -2.44. The van der Waals surface area contributed by atoms with E-state index in [-0.39, 0.29) is 23.9 Å². The predicted octanol–water partition coefficient (Wildman–Crippen LogP) is 4.19. The van der Waals surface area contributed by atoms with E-state index in [4.69, 9.17) is 0 Å². The second kappa shape index (κ2) is 8.97. The lowest BCUT2D eigenvalue weighted by Gasteiger charge is -2.34. The number of aromatic nitrogens is 2. The number of imidazole rings is 1. The molecule has 1 unspecified atom stereocenters. The van der Waals surface area contributed by atoms with Gasteiger partial charge in [0, 0.05) is 24.8 Å². The number of amides is 2. The molecule has 2 aromatic rings. The summed E-state index contributed by atoms with van der Waals surface area (Å²) in [5.74, 6) is 0.128. The SMILES string of the molecule is CCC1CCCCN1C(=O)c1nc(C(=O)NC2CCCCCC2)c2ccccn12. The first kappa shape index (κ1) is 19.9. The van der Waals surface area contributed by atoms with E-state index in [0.29, 0.717) is 17.0 Å². The van der Waals surface area contributed by atoms with Crippen molar-refractivity contribution in [3.63, 3.8) is 0 Å². The van der Waals surface area contributed by atoms with Crippen LogP contribution < -0.4 is 5.32 Å². The summed E-state index contributed by atoms with van der Waals surface area (Å²) in [7, 11) is 0. The van der Waals surface area contributed by atoms with E-state index in [9.17, 15) is 9.59 Å². The van der Waals surface area contributed by atoms with Crippen molar-refractivity contribution in [3.8, 4) is 0 Å². The molecular formula is C23H32N4O2. The molecule has 0 spiro atoms. The third-order valence-electron chi connectivity index (χ3n) is 6.50. The van der Waals surface area contributed by atoms with Gasteiger partial charge in [-0.2, -0.15) is 0 Å². The molecule has 1 N–H and O–H groups in total. The van der Waals surface area contributed by atoms with Crippen molar-refractivity contribution in [3.05, 3.63) is 35.9 Å². The Kier molecular flexibility index (Phi) is 6.16. The average Bonchev–Trinajstić information content (AvgIpc) is 2.96. The highest BCUT2D eigenvalue weighted by Gasteiger charge is 2.31. The number of hydrogen-bond acceptors (Lipinski definition) is 3. The molecule has 4 rings (SSSR count). The number of pyridine rings is 1. The van der Waals surface area contributed by atoms with Gasteiger partial charge in [-0.3, -0.25) is 14.0 Å². The van der Waals surface area contributed by atoms with E-state index in [0.717, 1.165) is 51.5 Å². The van der Waals surface area contributed by atoms with Crippen molar-refractivity contribution in [2.45, 2.75) is 83.2 Å². The quantitative estimate of drug-likeness (QED) is 0.788. The topological polar surface area (TPSA) is 66.7 Å². The van der Waals surface area contributed by atoms with Crippen LogP contribution in [-0.2, 0) is 0 Å². The van der Waals surface area contributed by atoms with Gasteiger partial charge in [-0.15, -0.1) is 0 Å². The second-order valence-corrected chi connectivity index (χ2v) is 8.46. The summed E-state index contributed by atoms with van der Waals surface area (Å²) in [6, 6.07) is 6.11. The van der Waals surface area contributed by atoms with Gasteiger partial charge in [0.05, 0.1) is 5.52 Å². The van der Waals surface area contributed by atoms with Crippen LogP contribution in [0.4, 0.5) is 0 Å². The Balaban J connectivity index is 1.62. The van der Waals surface area contributed by atoms with Crippen molar-refractivity contribution in [2.24, 2.45) is 0 Å². The van der Waals surface area contributed by atoms with Crippen LogP contribution in [0.2, 0.25) is 0 Å². The van der Waals surface area contributed by atoms with Crippen LogP contribution in [0.5, 0.6) is 0 Å². The van der Waals surface area contributed by atoms with Gasteiger partial charge in [-0.1, -0.05) is 38.7 Å². The summed E-state index contributed by atoms with van der Waals surface area (Å²) in [5, 5.41) is 3.18. The number of carbonyl (C=O) groups excluding carboxylic acids is 2. The summed E-state index contributed by atoms with van der Waals surface area (Å²) in [6.45, 7) is 2.90. The molecule has 1 aliphatic carbocycles. The molecule has 1 saturated heterocycles. The second-order valence-electron chi connectivity index (χ2n) is 8.46. The highest BCUT2D eigenvalue weighted by molar-refractivity contribution is 6.02. The van der Waals surface area contributed by atoms with Gasteiger partial charge >= 0.3 is 0 Å². The third kappa shape index (κ3) is 4.16. The Hall–Kier alpha value is -2.37. The largest absolute Gasteiger partial charge is 0.348 e. The number of piperidine rings is 1. The molecule has 29 heavy (non-hydrogen) atoms. The minimum Gasteiger partial charge on any atom is -0.348 e. The zero-order valence-electron chi connectivity index (χ0n) is 17.4. The molecular weight excluding hydrogens is 364 g/mol. The summed E-state index contributed by atoms with van der Waals surface area (Å²) >= 11 is 0. The molecule has 1 aliphatic heterocycles. The Morgan fingerprint density at radius 3 is 2.59 bits per heavy atom. The highest BCUT2D eigenvalue weighted by atomic mass is 16.2. The molecule has 2 amide bonds. The molecule has 3 heterocycles. The maximum absolute atomic E-state index is 13.4. The van der Waals surface area contributed by atoms with Gasteiger partial charge in [0.25, 0.3) is 11.8 Å². The number of carbonyl (C=O) groups is 2. The van der Waals surface area contributed by atoms with Crippen molar-refractivity contribution < 1.29 is 9.59 Å². The van der Waals surface area contributed by atoms with E-state index in [2.05, 4.69) is 17.2 Å². The molecule has 1 saturated carbocycles. The number of nitrogens with one attached hydrogen (secondary N) is 1. The van der Waals surface area contributed by atoms with Crippen LogP contribution in [0.15, 0.2) is 24.4 Å². The Morgan fingerprint density at radius 2 is 1.83 bits per heavy atom.